The van der Waals surface area contributed by atoms with Crippen LogP contribution in [0.2, 0.25) is 0 Å². The Morgan fingerprint density at radius 2 is 1.85 bits per heavy atom. The van der Waals surface area contributed by atoms with Gasteiger partial charge in [-0.1, -0.05) is 30.3 Å². The molecule has 2 fully saturated rings. The van der Waals surface area contributed by atoms with Gasteiger partial charge in [0.05, 0.1) is 18.6 Å². The molecule has 12 heteroatoms. The molecular formula is C22H27N4O7P. The van der Waals surface area contributed by atoms with E-state index in [0.717, 1.165) is 30.8 Å². The summed E-state index contributed by atoms with van der Waals surface area (Å²) in [5.74, 6) is 1.05. The molecule has 4 N–H and O–H groups in total. The van der Waals surface area contributed by atoms with Gasteiger partial charge < -0.3 is 29.5 Å². The Labute approximate surface area is 195 Å². The number of aliphatic hydroxyl groups is 2. The van der Waals surface area contributed by atoms with Crippen LogP contribution in [0.1, 0.15) is 42.1 Å². The molecule has 2 aliphatic rings. The monoisotopic (exact) mass is 490 g/mol. The number of aryl methyl sites for hydroxylation is 2. The highest BCUT2D eigenvalue weighted by atomic mass is 31.2. The van der Waals surface area contributed by atoms with Crippen LogP contribution in [0, 0.1) is 0 Å². The average molecular weight is 490 g/mol. The fourth-order valence-corrected chi connectivity index (χ4v) is 4.51. The summed E-state index contributed by atoms with van der Waals surface area (Å²) in [6, 6.07) is 10.1. The van der Waals surface area contributed by atoms with E-state index in [1.807, 2.05) is 18.2 Å². The summed E-state index contributed by atoms with van der Waals surface area (Å²) in [6.07, 6.45) is -0.303. The molecule has 5 rings (SSSR count). The molecule has 4 atom stereocenters. The Bertz CT molecular complexity index is 1200. The molecule has 0 amide bonds. The van der Waals surface area contributed by atoms with Gasteiger partial charge in [0.2, 0.25) is 0 Å². The van der Waals surface area contributed by atoms with Gasteiger partial charge in [0, 0.05) is 5.92 Å². The SMILES string of the molecule is O=P(O)(O)COC[C@H]1O[C@@H](n2cnc3c(CCc4ccccc4)nc(C4CC4)nc32)[C@H](O)[C@@H]1O. The van der Waals surface area contributed by atoms with E-state index in [1.165, 1.54) is 11.9 Å². The maximum Gasteiger partial charge on any atom is 0.350 e. The van der Waals surface area contributed by atoms with E-state index in [9.17, 15) is 14.8 Å². The van der Waals surface area contributed by atoms with Crippen LogP contribution < -0.4 is 0 Å². The smallest absolute Gasteiger partial charge is 0.350 e. The number of hydrogen-bond donors (Lipinski definition) is 4. The third-order valence-corrected chi connectivity index (χ3v) is 6.62. The quantitative estimate of drug-likeness (QED) is 0.322. The summed E-state index contributed by atoms with van der Waals surface area (Å²) in [5, 5.41) is 21.1. The van der Waals surface area contributed by atoms with Crippen molar-refractivity contribution in [2.75, 3.05) is 13.0 Å². The van der Waals surface area contributed by atoms with Crippen molar-refractivity contribution in [3.8, 4) is 0 Å². The van der Waals surface area contributed by atoms with Crippen LogP contribution in [0.5, 0.6) is 0 Å². The number of hydrogen-bond acceptors (Lipinski definition) is 8. The molecule has 11 nitrogen and oxygen atoms in total. The van der Waals surface area contributed by atoms with Gasteiger partial charge in [-0.05, 0) is 31.2 Å². The highest BCUT2D eigenvalue weighted by Crippen LogP contribution is 2.40. The van der Waals surface area contributed by atoms with Crippen molar-refractivity contribution in [3.63, 3.8) is 0 Å². The summed E-state index contributed by atoms with van der Waals surface area (Å²) in [5.41, 5.74) is 3.15. The second-order valence-corrected chi connectivity index (χ2v) is 10.4. The second kappa shape index (κ2) is 9.43. The topological polar surface area (TPSA) is 160 Å². The van der Waals surface area contributed by atoms with E-state index in [0.29, 0.717) is 23.5 Å². The molecule has 1 aromatic carbocycles. The fraction of sp³-hybridized carbons (Fsp3) is 0.500. The van der Waals surface area contributed by atoms with E-state index in [1.54, 1.807) is 4.57 Å². The van der Waals surface area contributed by atoms with Crippen LogP contribution in [0.15, 0.2) is 36.7 Å². The van der Waals surface area contributed by atoms with Crippen molar-refractivity contribution in [1.29, 1.82) is 0 Å². The van der Waals surface area contributed by atoms with Gasteiger partial charge in [0.1, 0.15) is 36.0 Å². The Kier molecular flexibility index (Phi) is 6.51. The summed E-state index contributed by atoms with van der Waals surface area (Å²) in [4.78, 5) is 31.9. The van der Waals surface area contributed by atoms with Gasteiger partial charge in [-0.3, -0.25) is 9.13 Å². The third kappa shape index (κ3) is 5.06. The number of aliphatic hydroxyl groups excluding tert-OH is 2. The zero-order valence-corrected chi connectivity index (χ0v) is 19.2. The van der Waals surface area contributed by atoms with Gasteiger partial charge in [-0.15, -0.1) is 0 Å². The number of imidazole rings is 1. The standard InChI is InChI=1S/C22H27N4O7P/c27-18-16(10-32-12-34(29,30)31)33-22(19(18)28)26-11-23-17-15(9-6-13-4-2-1-3-5-13)24-20(14-7-8-14)25-21(17)26/h1-5,11,14,16,18-19,22,27-28H,6-10,12H2,(H2,29,30,31)/t16-,18-,19-,22-/m1/s1. The second-order valence-electron chi connectivity index (χ2n) is 8.82. The van der Waals surface area contributed by atoms with Crippen molar-refractivity contribution >= 4 is 18.8 Å². The minimum Gasteiger partial charge on any atom is -0.387 e. The van der Waals surface area contributed by atoms with Crippen LogP contribution >= 0.6 is 7.60 Å². The molecule has 3 heterocycles. The first kappa shape index (κ1) is 23.5. The van der Waals surface area contributed by atoms with Crippen LogP contribution in [-0.4, -0.2) is 70.8 Å². The zero-order chi connectivity index (χ0) is 23.9. The number of benzene rings is 1. The van der Waals surface area contributed by atoms with Crippen molar-refractivity contribution < 1.29 is 34.0 Å². The fourth-order valence-electron chi connectivity index (χ4n) is 4.17. The lowest BCUT2D eigenvalue weighted by atomic mass is 10.1. The minimum atomic E-state index is -4.35. The van der Waals surface area contributed by atoms with Gasteiger partial charge in [-0.25, -0.2) is 15.0 Å². The maximum atomic E-state index is 11.0. The third-order valence-electron chi connectivity index (χ3n) is 6.10. The number of fused-ring (bicyclic) bond motifs is 1. The Morgan fingerprint density at radius 3 is 2.56 bits per heavy atom. The lowest BCUT2D eigenvalue weighted by molar-refractivity contribution is -0.0613. The average Bonchev–Trinajstić information content (AvgIpc) is 3.52. The van der Waals surface area contributed by atoms with E-state index < -0.39 is 38.5 Å². The molecule has 0 radical (unpaired) electrons. The minimum absolute atomic E-state index is 0.281. The summed E-state index contributed by atoms with van der Waals surface area (Å²) >= 11 is 0. The predicted octanol–water partition coefficient (Wildman–Crippen LogP) is 1.26. The molecule has 182 valence electrons. The summed E-state index contributed by atoms with van der Waals surface area (Å²) in [6.45, 7) is -0.281. The summed E-state index contributed by atoms with van der Waals surface area (Å²) < 4.78 is 23.4. The summed E-state index contributed by atoms with van der Waals surface area (Å²) in [7, 11) is -4.35. The molecule has 1 saturated carbocycles. The van der Waals surface area contributed by atoms with Crippen molar-refractivity contribution in [3.05, 3.63) is 53.7 Å². The molecule has 0 unspecified atom stereocenters. The Hall–Kier alpha value is -2.24. The lowest BCUT2D eigenvalue weighted by Crippen LogP contribution is -2.33. The number of nitrogens with zero attached hydrogens (tertiary/aromatic N) is 4. The predicted molar refractivity (Wildman–Crippen MR) is 120 cm³/mol. The lowest BCUT2D eigenvalue weighted by Gasteiger charge is -2.17. The molecule has 3 aromatic rings. The molecule has 1 aliphatic heterocycles. The van der Waals surface area contributed by atoms with E-state index in [4.69, 9.17) is 29.2 Å². The molecule has 34 heavy (non-hydrogen) atoms. The van der Waals surface area contributed by atoms with E-state index >= 15 is 0 Å². The first-order chi connectivity index (χ1) is 16.3. The van der Waals surface area contributed by atoms with Gasteiger partial charge >= 0.3 is 7.60 Å². The highest BCUT2D eigenvalue weighted by Gasteiger charge is 2.44. The van der Waals surface area contributed by atoms with Crippen LogP contribution in [0.3, 0.4) is 0 Å². The van der Waals surface area contributed by atoms with Crippen LogP contribution in [-0.2, 0) is 26.9 Å². The number of ether oxygens (including phenoxy) is 2. The van der Waals surface area contributed by atoms with E-state index in [2.05, 4.69) is 17.1 Å². The Morgan fingerprint density at radius 1 is 1.09 bits per heavy atom. The number of aromatic nitrogens is 4. The van der Waals surface area contributed by atoms with Crippen molar-refractivity contribution in [2.45, 2.75) is 56.1 Å². The molecule has 1 saturated heterocycles. The molecule has 2 aromatic heterocycles. The van der Waals surface area contributed by atoms with Crippen LogP contribution in [0.4, 0.5) is 0 Å². The molecule has 0 spiro atoms. The van der Waals surface area contributed by atoms with Crippen molar-refractivity contribution in [2.24, 2.45) is 0 Å². The first-order valence-electron chi connectivity index (χ1n) is 11.2. The van der Waals surface area contributed by atoms with Crippen molar-refractivity contribution in [1.82, 2.24) is 19.5 Å². The van der Waals surface area contributed by atoms with Gasteiger partial charge in [0.15, 0.2) is 11.9 Å². The Balaban J connectivity index is 1.40. The van der Waals surface area contributed by atoms with Crippen LogP contribution in [0.25, 0.3) is 11.2 Å². The first-order valence-corrected chi connectivity index (χ1v) is 13.0. The highest BCUT2D eigenvalue weighted by molar-refractivity contribution is 7.51. The normalized spacial score (nSPS) is 25.3. The van der Waals surface area contributed by atoms with Gasteiger partial charge in [-0.2, -0.15) is 0 Å². The van der Waals surface area contributed by atoms with E-state index in [-0.39, 0.29) is 6.61 Å². The molecule has 0 bridgehead atoms. The number of rotatable bonds is 9. The van der Waals surface area contributed by atoms with Gasteiger partial charge in [0.25, 0.3) is 0 Å². The molecular weight excluding hydrogens is 463 g/mol. The maximum absolute atomic E-state index is 11.0. The molecule has 1 aliphatic carbocycles. The zero-order valence-electron chi connectivity index (χ0n) is 18.3. The largest absolute Gasteiger partial charge is 0.387 e.